The number of aromatic nitrogens is 1. The van der Waals surface area contributed by atoms with Gasteiger partial charge in [0, 0.05) is 10.9 Å². The molecule has 0 unspecified atom stereocenters. The van der Waals surface area contributed by atoms with Gasteiger partial charge in [-0.25, -0.2) is 4.98 Å². The van der Waals surface area contributed by atoms with Crippen LogP contribution in [0, 0.1) is 0 Å². The number of carbonyl (C=O) groups excluding carboxylic acids is 1. The van der Waals surface area contributed by atoms with E-state index in [2.05, 4.69) is 22.4 Å². The molecule has 0 saturated heterocycles. The summed E-state index contributed by atoms with van der Waals surface area (Å²) in [6.45, 7) is 7.01. The van der Waals surface area contributed by atoms with Crippen LogP contribution < -0.4 is 19.5 Å². The topological polar surface area (TPSA) is 69.7 Å². The lowest BCUT2D eigenvalue weighted by atomic mass is 10.1. The van der Waals surface area contributed by atoms with Crippen molar-refractivity contribution in [1.82, 2.24) is 4.98 Å². The molecule has 1 N–H and O–H groups in total. The van der Waals surface area contributed by atoms with Gasteiger partial charge in [-0.05, 0) is 44.4 Å². The van der Waals surface area contributed by atoms with E-state index in [-0.39, 0.29) is 5.91 Å². The summed E-state index contributed by atoms with van der Waals surface area (Å²) in [5, 5.41) is 5.73. The summed E-state index contributed by atoms with van der Waals surface area (Å²) in [5.74, 6) is 1.19. The van der Waals surface area contributed by atoms with Crippen molar-refractivity contribution in [2.24, 2.45) is 0 Å². The molecule has 1 amide bonds. The number of fused-ring (bicyclic) bond motifs is 3. The molecule has 4 rings (SSSR count). The average molecular weight is 437 g/mol. The monoisotopic (exact) mass is 436 g/mol. The van der Waals surface area contributed by atoms with Gasteiger partial charge >= 0.3 is 0 Å². The first-order valence-corrected chi connectivity index (χ1v) is 11.1. The van der Waals surface area contributed by atoms with Crippen LogP contribution in [0.5, 0.6) is 17.2 Å². The molecule has 0 fully saturated rings. The third kappa shape index (κ3) is 4.27. The van der Waals surface area contributed by atoms with E-state index in [1.54, 1.807) is 12.1 Å². The minimum absolute atomic E-state index is 0.284. The van der Waals surface area contributed by atoms with Crippen molar-refractivity contribution >= 4 is 43.4 Å². The first-order valence-electron chi connectivity index (χ1n) is 10.3. The van der Waals surface area contributed by atoms with Gasteiger partial charge < -0.3 is 14.2 Å². The average Bonchev–Trinajstić information content (AvgIpc) is 3.19. The first-order chi connectivity index (χ1) is 15.1. The first kappa shape index (κ1) is 20.9. The molecule has 0 atom stereocenters. The van der Waals surface area contributed by atoms with Crippen LogP contribution in [-0.2, 0) is 0 Å². The Hall–Kier alpha value is -3.32. The van der Waals surface area contributed by atoms with Crippen LogP contribution >= 0.6 is 11.3 Å². The number of hydrogen-bond donors (Lipinski definition) is 1. The fraction of sp³-hybridized carbons (Fsp3) is 0.250. The highest BCUT2D eigenvalue weighted by Gasteiger charge is 2.19. The Morgan fingerprint density at radius 3 is 2.29 bits per heavy atom. The molecule has 0 radical (unpaired) electrons. The molecule has 0 bridgehead atoms. The molecule has 3 aromatic carbocycles. The van der Waals surface area contributed by atoms with E-state index >= 15 is 0 Å². The van der Waals surface area contributed by atoms with Crippen LogP contribution in [0.3, 0.4) is 0 Å². The number of rotatable bonds is 8. The molecule has 6 nitrogen and oxygen atoms in total. The summed E-state index contributed by atoms with van der Waals surface area (Å²) in [6.07, 6.45) is 0. The van der Waals surface area contributed by atoms with Gasteiger partial charge in [-0.15, -0.1) is 0 Å². The van der Waals surface area contributed by atoms with Crippen LogP contribution in [0.15, 0.2) is 48.5 Å². The van der Waals surface area contributed by atoms with Crippen LogP contribution in [0.2, 0.25) is 0 Å². The number of carbonyl (C=O) groups is 1. The Balaban J connectivity index is 1.68. The third-order valence-corrected chi connectivity index (χ3v) is 5.69. The van der Waals surface area contributed by atoms with Crippen molar-refractivity contribution in [3.8, 4) is 17.2 Å². The Morgan fingerprint density at radius 1 is 0.935 bits per heavy atom. The maximum atomic E-state index is 13.0. The lowest BCUT2D eigenvalue weighted by Crippen LogP contribution is -2.13. The molecule has 1 heterocycles. The second-order valence-electron chi connectivity index (χ2n) is 6.71. The smallest absolute Gasteiger partial charge is 0.257 e. The van der Waals surface area contributed by atoms with Crippen LogP contribution in [0.25, 0.3) is 21.0 Å². The lowest BCUT2D eigenvalue weighted by Gasteiger charge is -2.16. The second-order valence-corrected chi connectivity index (χ2v) is 7.71. The van der Waals surface area contributed by atoms with E-state index in [1.165, 1.54) is 11.3 Å². The second kappa shape index (κ2) is 9.22. The van der Waals surface area contributed by atoms with Gasteiger partial charge in [0.1, 0.15) is 0 Å². The predicted octanol–water partition coefficient (Wildman–Crippen LogP) is 5.90. The Kier molecular flexibility index (Phi) is 6.23. The largest absolute Gasteiger partial charge is 0.490 e. The molecule has 0 aliphatic rings. The van der Waals surface area contributed by atoms with E-state index in [1.807, 2.05) is 45.0 Å². The third-order valence-electron chi connectivity index (χ3n) is 4.67. The standard InChI is InChI=1S/C24H24N2O4S/c1-4-28-19-13-16(14-20(29-5-2)21(19)30-6-3)23(27)26-24-25-18-12-11-15-9-7-8-10-17(15)22(18)31-24/h7-14H,4-6H2,1-3H3,(H,25,26,27). The van der Waals surface area contributed by atoms with Crippen molar-refractivity contribution < 1.29 is 19.0 Å². The number of anilines is 1. The Morgan fingerprint density at radius 2 is 1.61 bits per heavy atom. The molecular weight excluding hydrogens is 412 g/mol. The molecule has 160 valence electrons. The van der Waals surface area contributed by atoms with Crippen molar-refractivity contribution in [2.45, 2.75) is 20.8 Å². The van der Waals surface area contributed by atoms with Crippen LogP contribution in [0.1, 0.15) is 31.1 Å². The quantitative estimate of drug-likeness (QED) is 0.372. The Bertz CT molecular complexity index is 1210. The number of ether oxygens (including phenoxy) is 3. The maximum absolute atomic E-state index is 13.0. The number of nitrogens with one attached hydrogen (secondary N) is 1. The van der Waals surface area contributed by atoms with Gasteiger partial charge in [0.05, 0.1) is 30.0 Å². The summed E-state index contributed by atoms with van der Waals surface area (Å²) < 4.78 is 18.2. The van der Waals surface area contributed by atoms with E-state index in [4.69, 9.17) is 14.2 Å². The molecule has 0 aliphatic heterocycles. The van der Waals surface area contributed by atoms with E-state index in [9.17, 15) is 4.79 Å². The van der Waals surface area contributed by atoms with Crippen LogP contribution in [-0.4, -0.2) is 30.7 Å². The highest BCUT2D eigenvalue weighted by molar-refractivity contribution is 7.23. The predicted molar refractivity (Wildman–Crippen MR) is 125 cm³/mol. The summed E-state index contributed by atoms with van der Waals surface area (Å²) in [6, 6.07) is 15.5. The zero-order valence-electron chi connectivity index (χ0n) is 17.7. The molecule has 0 spiro atoms. The van der Waals surface area contributed by atoms with Crippen molar-refractivity contribution in [3.63, 3.8) is 0 Å². The summed E-state index contributed by atoms with van der Waals surface area (Å²) in [5.41, 5.74) is 1.27. The molecule has 0 saturated carbocycles. The number of benzene rings is 3. The van der Waals surface area contributed by atoms with Gasteiger partial charge in [0.2, 0.25) is 5.75 Å². The number of thiazole rings is 1. The SMILES string of the molecule is CCOc1cc(C(=O)Nc2nc3ccc4ccccc4c3s2)cc(OCC)c1OCC. The van der Waals surface area contributed by atoms with Gasteiger partial charge in [0.25, 0.3) is 5.91 Å². The van der Waals surface area contributed by atoms with E-state index < -0.39 is 0 Å². The zero-order chi connectivity index (χ0) is 21.8. The van der Waals surface area contributed by atoms with Crippen LogP contribution in [0.4, 0.5) is 5.13 Å². The molecule has 1 aromatic heterocycles. The summed E-state index contributed by atoms with van der Waals surface area (Å²) in [7, 11) is 0. The maximum Gasteiger partial charge on any atom is 0.257 e. The summed E-state index contributed by atoms with van der Waals surface area (Å²) in [4.78, 5) is 17.6. The number of hydrogen-bond acceptors (Lipinski definition) is 6. The van der Waals surface area contributed by atoms with E-state index in [0.29, 0.717) is 47.8 Å². The molecular formula is C24H24N2O4S. The van der Waals surface area contributed by atoms with Crippen molar-refractivity contribution in [3.05, 3.63) is 54.1 Å². The highest BCUT2D eigenvalue weighted by atomic mass is 32.1. The minimum Gasteiger partial charge on any atom is -0.490 e. The molecule has 7 heteroatoms. The van der Waals surface area contributed by atoms with Crippen molar-refractivity contribution in [2.75, 3.05) is 25.1 Å². The zero-order valence-corrected chi connectivity index (χ0v) is 18.5. The number of nitrogens with zero attached hydrogens (tertiary/aromatic N) is 1. The van der Waals surface area contributed by atoms with E-state index in [0.717, 1.165) is 21.0 Å². The molecule has 4 aromatic rings. The number of amides is 1. The van der Waals surface area contributed by atoms with Gasteiger partial charge in [0.15, 0.2) is 16.6 Å². The van der Waals surface area contributed by atoms with Gasteiger partial charge in [-0.3, -0.25) is 10.1 Å². The van der Waals surface area contributed by atoms with Gasteiger partial charge in [-0.1, -0.05) is 41.7 Å². The normalized spacial score (nSPS) is 10.9. The van der Waals surface area contributed by atoms with Gasteiger partial charge in [-0.2, -0.15) is 0 Å². The lowest BCUT2D eigenvalue weighted by molar-refractivity contribution is 0.102. The Labute approximate surface area is 184 Å². The molecule has 0 aliphatic carbocycles. The minimum atomic E-state index is -0.284. The van der Waals surface area contributed by atoms with Crippen molar-refractivity contribution in [1.29, 1.82) is 0 Å². The fourth-order valence-electron chi connectivity index (χ4n) is 3.40. The summed E-state index contributed by atoms with van der Waals surface area (Å²) >= 11 is 1.46. The molecule has 31 heavy (non-hydrogen) atoms. The fourth-order valence-corrected chi connectivity index (χ4v) is 4.39. The highest BCUT2D eigenvalue weighted by Crippen LogP contribution is 2.39.